The van der Waals surface area contributed by atoms with Crippen LogP contribution in [0.2, 0.25) is 0 Å². The Hall–Kier alpha value is -1.14. The average molecular weight is 501 g/mol. The molecule has 10 nitrogen and oxygen atoms in total. The first-order valence-corrected chi connectivity index (χ1v) is 12.3. The predicted molar refractivity (Wildman–Crippen MR) is 121 cm³/mol. The first-order valence-electron chi connectivity index (χ1n) is 12.3. The van der Waals surface area contributed by atoms with Crippen molar-refractivity contribution in [1.29, 1.82) is 0 Å². The van der Waals surface area contributed by atoms with E-state index in [4.69, 9.17) is 28.4 Å². The SMILES string of the molecule is COCO[C@H]1[C@H](OCOC)[C@H](C)[C@]2(O)[C@@H](O)C(=O)O[C@@H]3C[C@H]4[C@H](C)CC(=O)[C@@H](OC)[C@]4(C)[C@@H]1[C@@]32C. The van der Waals surface area contributed by atoms with Crippen molar-refractivity contribution in [1.82, 2.24) is 0 Å². The summed E-state index contributed by atoms with van der Waals surface area (Å²) >= 11 is 0. The van der Waals surface area contributed by atoms with Crippen LogP contribution in [0.3, 0.4) is 0 Å². The number of fused-ring (bicyclic) bond motifs is 2. The van der Waals surface area contributed by atoms with Gasteiger partial charge in [0.25, 0.3) is 0 Å². The summed E-state index contributed by atoms with van der Waals surface area (Å²) in [6, 6.07) is 0. The molecule has 1 aliphatic heterocycles. The Labute approximate surface area is 206 Å². The van der Waals surface area contributed by atoms with Crippen LogP contribution in [0.1, 0.15) is 40.5 Å². The second kappa shape index (κ2) is 9.31. The summed E-state index contributed by atoms with van der Waals surface area (Å²) in [6.07, 6.45) is -3.94. The maximum Gasteiger partial charge on any atom is 0.338 e. The van der Waals surface area contributed by atoms with E-state index in [1.54, 1.807) is 6.92 Å². The molecule has 0 aromatic rings. The van der Waals surface area contributed by atoms with E-state index in [1.165, 1.54) is 21.3 Å². The molecular formula is C25H40O10. The van der Waals surface area contributed by atoms with Gasteiger partial charge in [-0.2, -0.15) is 0 Å². The maximum absolute atomic E-state index is 13.3. The Morgan fingerprint density at radius 3 is 2.20 bits per heavy atom. The van der Waals surface area contributed by atoms with Crippen molar-refractivity contribution >= 4 is 11.8 Å². The topological polar surface area (TPSA) is 130 Å². The van der Waals surface area contributed by atoms with Gasteiger partial charge in [-0.1, -0.05) is 27.7 Å². The van der Waals surface area contributed by atoms with E-state index < -0.39 is 64.8 Å². The standard InChI is InChI=1S/C25H40O10/c1-12-8-15(26)21(32-7)23(3)14(12)9-16-24(4)19(23)18(34-11-31-6)17(33-10-30-5)13(2)25(24,29)20(27)22(28)35-16/h12-14,16-21,27,29H,8-11H2,1-7H3/t12-,13+,14+,16-,17-,18+,19-,20+,21-,23+,24-,25+/m1/s1. The summed E-state index contributed by atoms with van der Waals surface area (Å²) in [7, 11) is 4.52. The van der Waals surface area contributed by atoms with E-state index in [-0.39, 0.29) is 31.2 Å². The lowest BCUT2D eigenvalue weighted by molar-refractivity contribution is -0.376. The molecule has 0 unspecified atom stereocenters. The Balaban J connectivity index is 1.99. The van der Waals surface area contributed by atoms with Gasteiger partial charge in [0.05, 0.1) is 12.2 Å². The van der Waals surface area contributed by atoms with Crippen LogP contribution in [0, 0.1) is 34.5 Å². The van der Waals surface area contributed by atoms with E-state index in [2.05, 4.69) is 0 Å². The van der Waals surface area contributed by atoms with Crippen LogP contribution < -0.4 is 0 Å². The van der Waals surface area contributed by atoms with Crippen LogP contribution >= 0.6 is 0 Å². The van der Waals surface area contributed by atoms with Crippen LogP contribution in [0.25, 0.3) is 0 Å². The fourth-order valence-electron chi connectivity index (χ4n) is 8.55. The summed E-state index contributed by atoms with van der Waals surface area (Å²) in [6.45, 7) is 7.46. The third-order valence-electron chi connectivity index (χ3n) is 9.91. The van der Waals surface area contributed by atoms with E-state index in [9.17, 15) is 19.8 Å². The van der Waals surface area contributed by atoms with E-state index in [0.717, 1.165) is 0 Å². The van der Waals surface area contributed by atoms with Crippen molar-refractivity contribution in [3.05, 3.63) is 0 Å². The molecule has 4 fully saturated rings. The highest BCUT2D eigenvalue weighted by atomic mass is 16.7. The fraction of sp³-hybridized carbons (Fsp3) is 0.920. The molecule has 0 aromatic carbocycles. The summed E-state index contributed by atoms with van der Waals surface area (Å²) in [5.41, 5.74) is -3.91. The van der Waals surface area contributed by atoms with Gasteiger partial charge in [-0.3, -0.25) is 4.79 Å². The summed E-state index contributed by atoms with van der Waals surface area (Å²) < 4.78 is 34.5. The minimum Gasteiger partial charge on any atom is -0.460 e. The number of ether oxygens (including phenoxy) is 6. The smallest absolute Gasteiger partial charge is 0.338 e. The van der Waals surface area contributed by atoms with E-state index >= 15 is 0 Å². The molecule has 10 heteroatoms. The normalized spacial score (nSPS) is 51.4. The first-order chi connectivity index (χ1) is 16.5. The van der Waals surface area contributed by atoms with Crippen molar-refractivity contribution in [2.45, 2.75) is 76.7 Å². The van der Waals surface area contributed by atoms with Crippen LogP contribution in [0.5, 0.6) is 0 Å². The number of methoxy groups -OCH3 is 3. The van der Waals surface area contributed by atoms with Crippen LogP contribution in [0.4, 0.5) is 0 Å². The van der Waals surface area contributed by atoms with Gasteiger partial charge in [0.2, 0.25) is 0 Å². The van der Waals surface area contributed by atoms with Gasteiger partial charge in [-0.15, -0.1) is 0 Å². The quantitative estimate of drug-likeness (QED) is 0.384. The second-order valence-corrected chi connectivity index (χ2v) is 11.2. The van der Waals surface area contributed by atoms with Gasteiger partial charge in [0.1, 0.15) is 31.4 Å². The molecule has 0 spiro atoms. The highest BCUT2D eigenvalue weighted by Gasteiger charge is 2.80. The summed E-state index contributed by atoms with van der Waals surface area (Å²) in [5.74, 6) is -2.31. The molecule has 0 amide bonds. The highest BCUT2D eigenvalue weighted by molar-refractivity contribution is 5.85. The van der Waals surface area contributed by atoms with Gasteiger partial charge in [0, 0.05) is 50.4 Å². The van der Waals surface area contributed by atoms with Gasteiger partial charge < -0.3 is 38.6 Å². The molecule has 1 heterocycles. The number of hydrogen-bond donors (Lipinski definition) is 2. The zero-order valence-corrected chi connectivity index (χ0v) is 21.7. The number of ketones is 1. The van der Waals surface area contributed by atoms with Gasteiger partial charge in [-0.25, -0.2) is 4.79 Å². The van der Waals surface area contributed by atoms with Crippen LogP contribution in [0.15, 0.2) is 0 Å². The van der Waals surface area contributed by atoms with Crippen molar-refractivity contribution in [3.63, 3.8) is 0 Å². The van der Waals surface area contributed by atoms with E-state index in [0.29, 0.717) is 12.8 Å². The van der Waals surface area contributed by atoms with Crippen molar-refractivity contribution in [2.24, 2.45) is 34.5 Å². The predicted octanol–water partition coefficient (Wildman–Crippen LogP) is 0.904. The Morgan fingerprint density at radius 1 is 1.03 bits per heavy atom. The third kappa shape index (κ3) is 3.41. The number of aliphatic hydroxyl groups excluding tert-OH is 1. The molecule has 0 bridgehead atoms. The Morgan fingerprint density at radius 2 is 1.63 bits per heavy atom. The summed E-state index contributed by atoms with van der Waals surface area (Å²) in [5, 5.41) is 23.5. The molecule has 35 heavy (non-hydrogen) atoms. The number of rotatable bonds is 7. The number of hydrogen-bond acceptors (Lipinski definition) is 10. The second-order valence-electron chi connectivity index (χ2n) is 11.2. The number of Topliss-reactive ketones (excluding diaryl/α,β-unsaturated/α-hetero) is 1. The average Bonchev–Trinajstić information content (AvgIpc) is 2.80. The lowest BCUT2D eigenvalue weighted by Gasteiger charge is -2.73. The third-order valence-corrected chi connectivity index (χ3v) is 9.91. The van der Waals surface area contributed by atoms with Crippen molar-refractivity contribution in [2.75, 3.05) is 34.9 Å². The minimum absolute atomic E-state index is 0.0112. The highest BCUT2D eigenvalue weighted by Crippen LogP contribution is 2.70. The van der Waals surface area contributed by atoms with Gasteiger partial charge in [-0.05, 0) is 18.3 Å². The monoisotopic (exact) mass is 500 g/mol. The number of carbonyl (C=O) groups excluding carboxylic acids is 2. The molecule has 3 saturated carbocycles. The number of carbonyl (C=O) groups is 2. The van der Waals surface area contributed by atoms with Crippen molar-refractivity contribution < 1.29 is 48.2 Å². The Kier molecular flexibility index (Phi) is 7.16. The lowest BCUT2D eigenvalue weighted by Crippen LogP contribution is -2.84. The van der Waals surface area contributed by atoms with Crippen LogP contribution in [-0.2, 0) is 38.0 Å². The number of aliphatic hydroxyl groups is 2. The maximum atomic E-state index is 13.3. The van der Waals surface area contributed by atoms with Gasteiger partial charge in [0.15, 0.2) is 11.9 Å². The minimum atomic E-state index is -1.92. The molecule has 3 aliphatic carbocycles. The first kappa shape index (κ1) is 26.9. The van der Waals surface area contributed by atoms with Crippen molar-refractivity contribution in [3.8, 4) is 0 Å². The van der Waals surface area contributed by atoms with E-state index in [1.807, 2.05) is 20.8 Å². The molecule has 4 rings (SSSR count). The fourth-order valence-corrected chi connectivity index (χ4v) is 8.55. The van der Waals surface area contributed by atoms with Gasteiger partial charge >= 0.3 is 5.97 Å². The molecule has 12 atom stereocenters. The zero-order valence-electron chi connectivity index (χ0n) is 21.7. The molecule has 2 N–H and O–H groups in total. The lowest BCUT2D eigenvalue weighted by atomic mass is 9.35. The molecule has 0 aromatic heterocycles. The molecule has 0 radical (unpaired) electrons. The summed E-state index contributed by atoms with van der Waals surface area (Å²) in [4.78, 5) is 26.2. The largest absolute Gasteiger partial charge is 0.460 e. The molecule has 200 valence electrons. The molecule has 4 aliphatic rings. The zero-order chi connectivity index (χ0) is 25.9. The number of esters is 1. The molecule has 1 saturated heterocycles. The Bertz CT molecular complexity index is 835. The molecular weight excluding hydrogens is 460 g/mol. The van der Waals surface area contributed by atoms with Crippen LogP contribution in [-0.4, -0.2) is 93.0 Å².